The summed E-state index contributed by atoms with van der Waals surface area (Å²) in [5, 5.41) is 28.8. The molecule has 0 fully saturated rings. The van der Waals surface area contributed by atoms with Gasteiger partial charge in [0.1, 0.15) is 5.75 Å². The molecule has 1 aromatic carbocycles. The number of hydrogen-bond acceptors (Lipinski definition) is 10. The SMILES string of the molecule is CCN(CC)Cc1c(C(=O)N/N=C(\C)c2ccc(O)cc2)nnn1-c1nonc1N. The number of carbonyl (C=O) groups is 1. The summed E-state index contributed by atoms with van der Waals surface area (Å²) in [4.78, 5) is 14.9. The zero-order valence-corrected chi connectivity index (χ0v) is 16.9. The Balaban J connectivity index is 1.89. The Morgan fingerprint density at radius 2 is 1.97 bits per heavy atom. The van der Waals surface area contributed by atoms with E-state index in [0.717, 1.165) is 18.7 Å². The van der Waals surface area contributed by atoms with Crippen LogP contribution in [0.3, 0.4) is 0 Å². The molecule has 0 saturated carbocycles. The fraction of sp³-hybridized carbons (Fsp3) is 0.333. The van der Waals surface area contributed by atoms with Gasteiger partial charge in [0.05, 0.1) is 11.4 Å². The number of nitrogens with zero attached hydrogens (tertiary/aromatic N) is 7. The van der Waals surface area contributed by atoms with Crippen molar-refractivity contribution in [2.45, 2.75) is 27.3 Å². The minimum atomic E-state index is -0.531. The largest absolute Gasteiger partial charge is 0.508 e. The number of phenolic OH excluding ortho intramolecular Hbond substituents is 1. The predicted octanol–water partition coefficient (Wildman–Crippen LogP) is 0.934. The van der Waals surface area contributed by atoms with Crippen LogP contribution in [0.5, 0.6) is 5.75 Å². The fourth-order valence-corrected chi connectivity index (χ4v) is 2.74. The van der Waals surface area contributed by atoms with E-state index in [-0.39, 0.29) is 23.1 Å². The van der Waals surface area contributed by atoms with Gasteiger partial charge in [0, 0.05) is 6.54 Å². The topological polar surface area (TPSA) is 161 Å². The molecular weight excluding hydrogens is 390 g/mol. The van der Waals surface area contributed by atoms with Crippen molar-refractivity contribution in [3.63, 3.8) is 0 Å². The first-order chi connectivity index (χ1) is 14.4. The summed E-state index contributed by atoms with van der Waals surface area (Å²) in [6.07, 6.45) is 0. The van der Waals surface area contributed by atoms with Gasteiger partial charge in [-0.25, -0.2) is 10.1 Å². The van der Waals surface area contributed by atoms with E-state index >= 15 is 0 Å². The maximum absolute atomic E-state index is 12.8. The molecule has 0 aliphatic rings. The molecule has 0 unspecified atom stereocenters. The Morgan fingerprint density at radius 1 is 1.27 bits per heavy atom. The number of nitrogens with one attached hydrogen (secondary N) is 1. The summed E-state index contributed by atoms with van der Waals surface area (Å²) in [5.41, 5.74) is 10.2. The van der Waals surface area contributed by atoms with E-state index < -0.39 is 5.91 Å². The molecule has 1 amide bonds. The molecule has 0 bridgehead atoms. The highest BCUT2D eigenvalue weighted by atomic mass is 16.6. The number of carbonyl (C=O) groups excluding carboxylic acids is 1. The van der Waals surface area contributed by atoms with Gasteiger partial charge in [-0.2, -0.15) is 9.78 Å². The molecule has 3 aromatic rings. The summed E-state index contributed by atoms with van der Waals surface area (Å²) in [6.45, 7) is 7.65. The number of anilines is 1. The van der Waals surface area contributed by atoms with Crippen LogP contribution in [0.15, 0.2) is 34.0 Å². The van der Waals surface area contributed by atoms with Crippen molar-refractivity contribution >= 4 is 17.4 Å². The summed E-state index contributed by atoms with van der Waals surface area (Å²) in [5.74, 6) is -0.187. The quantitative estimate of drug-likeness (QED) is 0.360. The van der Waals surface area contributed by atoms with Crippen molar-refractivity contribution in [3.8, 4) is 11.6 Å². The molecule has 2 heterocycles. The second-order valence-electron chi connectivity index (χ2n) is 6.42. The monoisotopic (exact) mass is 413 g/mol. The second kappa shape index (κ2) is 9.13. The van der Waals surface area contributed by atoms with Crippen molar-refractivity contribution in [2.75, 3.05) is 18.8 Å². The zero-order chi connectivity index (χ0) is 21.7. The highest BCUT2D eigenvalue weighted by molar-refractivity contribution is 6.00. The van der Waals surface area contributed by atoms with Crippen molar-refractivity contribution in [2.24, 2.45) is 5.10 Å². The third kappa shape index (κ3) is 4.43. The fourth-order valence-electron chi connectivity index (χ4n) is 2.74. The first-order valence-electron chi connectivity index (χ1n) is 9.33. The minimum absolute atomic E-state index is 0.0360. The zero-order valence-electron chi connectivity index (χ0n) is 16.9. The molecule has 2 aromatic heterocycles. The van der Waals surface area contributed by atoms with Gasteiger partial charge in [-0.3, -0.25) is 9.69 Å². The van der Waals surface area contributed by atoms with E-state index in [0.29, 0.717) is 18.0 Å². The average molecular weight is 413 g/mol. The van der Waals surface area contributed by atoms with E-state index in [1.54, 1.807) is 31.2 Å². The number of hydrazone groups is 1. The first-order valence-corrected chi connectivity index (χ1v) is 9.33. The van der Waals surface area contributed by atoms with E-state index in [2.05, 4.69) is 40.7 Å². The number of nitrogens with two attached hydrogens (primary N) is 1. The standard InChI is InChI=1S/C18H23N9O3/c1-4-26(5-2)10-14-15(21-25-27(14)17-16(19)23-30-24-17)18(29)22-20-11(3)12-6-8-13(28)9-7-12/h6-9,28H,4-5,10H2,1-3H3,(H2,19,23)(H,22,29)/b20-11+. The molecule has 0 radical (unpaired) electrons. The molecular formula is C18H23N9O3. The lowest BCUT2D eigenvalue weighted by Crippen LogP contribution is -2.27. The third-order valence-electron chi connectivity index (χ3n) is 4.55. The summed E-state index contributed by atoms with van der Waals surface area (Å²) in [6, 6.07) is 6.48. The van der Waals surface area contributed by atoms with Crippen LogP contribution in [0.1, 0.15) is 42.5 Å². The lowest BCUT2D eigenvalue weighted by molar-refractivity contribution is 0.0947. The van der Waals surface area contributed by atoms with Gasteiger partial charge in [-0.15, -0.1) is 5.10 Å². The second-order valence-corrected chi connectivity index (χ2v) is 6.42. The minimum Gasteiger partial charge on any atom is -0.508 e. The van der Waals surface area contributed by atoms with Gasteiger partial charge in [0.2, 0.25) is 11.6 Å². The van der Waals surface area contributed by atoms with Crippen LogP contribution in [0.25, 0.3) is 5.82 Å². The van der Waals surface area contributed by atoms with Crippen LogP contribution < -0.4 is 11.2 Å². The number of rotatable bonds is 8. The molecule has 0 spiro atoms. The lowest BCUT2D eigenvalue weighted by atomic mass is 10.1. The Hall–Kier alpha value is -3.80. The smallest absolute Gasteiger partial charge is 0.293 e. The maximum atomic E-state index is 12.8. The molecule has 0 aliphatic heterocycles. The van der Waals surface area contributed by atoms with Crippen LogP contribution in [0.2, 0.25) is 0 Å². The number of nitrogen functional groups attached to an aromatic ring is 1. The van der Waals surface area contributed by atoms with Gasteiger partial charge in [-0.05, 0) is 60.2 Å². The number of aromatic hydroxyl groups is 1. The molecule has 30 heavy (non-hydrogen) atoms. The molecule has 12 heteroatoms. The number of phenols is 1. The van der Waals surface area contributed by atoms with Crippen LogP contribution in [0.4, 0.5) is 5.82 Å². The Morgan fingerprint density at radius 3 is 2.57 bits per heavy atom. The van der Waals surface area contributed by atoms with Gasteiger partial charge in [0.25, 0.3) is 5.91 Å². The molecule has 0 aliphatic carbocycles. The molecule has 3 rings (SSSR count). The number of hydrogen-bond donors (Lipinski definition) is 3. The molecule has 0 atom stereocenters. The normalized spacial score (nSPS) is 11.8. The number of amides is 1. The van der Waals surface area contributed by atoms with Gasteiger partial charge >= 0.3 is 0 Å². The van der Waals surface area contributed by atoms with Crippen LogP contribution >= 0.6 is 0 Å². The number of aromatic nitrogens is 5. The molecule has 0 saturated heterocycles. The Labute approximate surface area is 172 Å². The molecule has 4 N–H and O–H groups in total. The third-order valence-corrected chi connectivity index (χ3v) is 4.55. The van der Waals surface area contributed by atoms with Crippen LogP contribution in [-0.4, -0.2) is 60.0 Å². The Bertz CT molecular complexity index is 1040. The molecule has 12 nitrogen and oxygen atoms in total. The van der Waals surface area contributed by atoms with Crippen LogP contribution in [-0.2, 0) is 6.54 Å². The first kappa shape index (κ1) is 20.9. The predicted molar refractivity (Wildman–Crippen MR) is 108 cm³/mol. The maximum Gasteiger partial charge on any atom is 0.293 e. The van der Waals surface area contributed by atoms with Crippen molar-refractivity contribution in [1.29, 1.82) is 0 Å². The van der Waals surface area contributed by atoms with Gasteiger partial charge in [-0.1, -0.05) is 19.1 Å². The van der Waals surface area contributed by atoms with E-state index in [1.165, 1.54) is 4.68 Å². The summed E-state index contributed by atoms with van der Waals surface area (Å²) < 4.78 is 5.99. The van der Waals surface area contributed by atoms with Gasteiger partial charge < -0.3 is 10.8 Å². The summed E-state index contributed by atoms with van der Waals surface area (Å²) in [7, 11) is 0. The van der Waals surface area contributed by atoms with E-state index in [1.807, 2.05) is 13.8 Å². The van der Waals surface area contributed by atoms with Gasteiger partial charge in [0.15, 0.2) is 5.69 Å². The summed E-state index contributed by atoms with van der Waals surface area (Å²) >= 11 is 0. The highest BCUT2D eigenvalue weighted by Crippen LogP contribution is 2.17. The molecule has 158 valence electrons. The van der Waals surface area contributed by atoms with E-state index in [4.69, 9.17) is 5.73 Å². The lowest BCUT2D eigenvalue weighted by Gasteiger charge is -2.18. The van der Waals surface area contributed by atoms with Crippen LogP contribution in [0, 0.1) is 0 Å². The van der Waals surface area contributed by atoms with E-state index in [9.17, 15) is 9.90 Å². The highest BCUT2D eigenvalue weighted by Gasteiger charge is 2.25. The Kier molecular flexibility index (Phi) is 6.37. The average Bonchev–Trinajstić information content (AvgIpc) is 3.35. The van der Waals surface area contributed by atoms with Crippen molar-refractivity contribution in [1.82, 2.24) is 35.6 Å². The van der Waals surface area contributed by atoms with Crippen molar-refractivity contribution < 1.29 is 14.5 Å². The van der Waals surface area contributed by atoms with Crippen molar-refractivity contribution in [3.05, 3.63) is 41.2 Å². The number of benzene rings is 1.